The van der Waals surface area contributed by atoms with Gasteiger partial charge in [0.05, 0.1) is 32.0 Å². The van der Waals surface area contributed by atoms with Crippen molar-refractivity contribution in [1.29, 1.82) is 0 Å². The molecule has 326 valence electrons. The largest absolute Gasteiger partial charge is 0.472 e. The van der Waals surface area contributed by atoms with Gasteiger partial charge in [-0.25, -0.2) is 9.13 Å². The van der Waals surface area contributed by atoms with E-state index in [1.54, 1.807) is 12.2 Å². The van der Waals surface area contributed by atoms with Gasteiger partial charge >= 0.3 is 27.6 Å². The Morgan fingerprint density at radius 3 is 2.11 bits per heavy atom. The summed E-state index contributed by atoms with van der Waals surface area (Å²) in [7, 11) is -9.75. The minimum atomic E-state index is -4.89. The summed E-state index contributed by atoms with van der Waals surface area (Å²) in [5.74, 6) is -1.42. The van der Waals surface area contributed by atoms with Crippen molar-refractivity contribution in [2.24, 2.45) is 17.8 Å². The van der Waals surface area contributed by atoms with E-state index in [2.05, 4.69) is 29.8 Å². The lowest BCUT2D eigenvalue weighted by molar-refractivity contribution is -0.161. The molecule has 0 amide bonds. The minimum absolute atomic E-state index is 0.00499. The van der Waals surface area contributed by atoms with E-state index in [4.69, 9.17) is 23.8 Å². The van der Waals surface area contributed by atoms with Crippen LogP contribution < -0.4 is 0 Å². The van der Waals surface area contributed by atoms with Gasteiger partial charge in [0.1, 0.15) is 18.5 Å². The summed E-state index contributed by atoms with van der Waals surface area (Å²) in [5.41, 5.74) is 0. The van der Waals surface area contributed by atoms with E-state index in [0.29, 0.717) is 38.0 Å². The summed E-state index contributed by atoms with van der Waals surface area (Å²) in [4.78, 5) is 65.1. The number of rotatable bonds is 33. The van der Waals surface area contributed by atoms with E-state index in [9.17, 15) is 43.7 Å². The van der Waals surface area contributed by atoms with Gasteiger partial charge in [0, 0.05) is 31.1 Å². The molecule has 0 saturated heterocycles. The highest BCUT2D eigenvalue weighted by molar-refractivity contribution is 7.47. The average Bonchev–Trinajstić information content (AvgIpc) is 3.39. The molecule has 0 bridgehead atoms. The molecule has 0 aliphatic heterocycles. The Balaban J connectivity index is 2.61. The van der Waals surface area contributed by atoms with Gasteiger partial charge in [-0.15, -0.1) is 0 Å². The van der Waals surface area contributed by atoms with Crippen LogP contribution in [0.2, 0.25) is 0 Å². The lowest BCUT2D eigenvalue weighted by atomic mass is 9.90. The summed E-state index contributed by atoms with van der Waals surface area (Å²) < 4.78 is 47.5. The summed E-state index contributed by atoms with van der Waals surface area (Å²) >= 11 is 0. The first-order chi connectivity index (χ1) is 26.4. The number of phosphoric ester groups is 2. The summed E-state index contributed by atoms with van der Waals surface area (Å²) in [5, 5.41) is 30.4. The molecule has 1 aliphatic rings. The van der Waals surface area contributed by atoms with Crippen LogP contribution in [0.25, 0.3) is 0 Å². The second kappa shape index (κ2) is 29.4. The Kier molecular flexibility index (Phi) is 27.4. The van der Waals surface area contributed by atoms with Crippen LogP contribution in [-0.2, 0) is 46.6 Å². The maximum atomic E-state index is 12.6. The van der Waals surface area contributed by atoms with Crippen LogP contribution in [0, 0.1) is 17.8 Å². The van der Waals surface area contributed by atoms with Gasteiger partial charge in [0.15, 0.2) is 6.10 Å². The number of hydrogen-bond acceptors (Lipinski definition) is 13. The molecule has 1 unspecified atom stereocenters. The Hall–Kier alpha value is -1.81. The van der Waals surface area contributed by atoms with Crippen molar-refractivity contribution >= 4 is 33.4 Å². The van der Waals surface area contributed by atoms with Gasteiger partial charge in [-0.3, -0.25) is 28.0 Å². The van der Waals surface area contributed by atoms with Gasteiger partial charge < -0.3 is 39.5 Å². The third-order valence-electron chi connectivity index (χ3n) is 9.14. The normalized spacial score (nSPS) is 20.5. The van der Waals surface area contributed by atoms with E-state index >= 15 is 0 Å². The van der Waals surface area contributed by atoms with Crippen molar-refractivity contribution in [2.75, 3.05) is 26.4 Å². The van der Waals surface area contributed by atoms with Gasteiger partial charge in [-0.05, 0) is 38.0 Å². The lowest BCUT2D eigenvalue weighted by Gasteiger charge is -2.20. The number of ketones is 1. The highest BCUT2D eigenvalue weighted by Gasteiger charge is 2.39. The third kappa shape index (κ3) is 27.0. The third-order valence-corrected chi connectivity index (χ3v) is 10.6. The first-order valence-corrected chi connectivity index (χ1v) is 23.0. The number of esters is 2. The average molecular weight is 843 g/mol. The topological polar surface area (TPSA) is 253 Å². The molecule has 7 atom stereocenters. The number of aliphatic hydroxyl groups is 3. The van der Waals surface area contributed by atoms with Crippen LogP contribution >= 0.6 is 15.6 Å². The van der Waals surface area contributed by atoms with Gasteiger partial charge in [-0.1, -0.05) is 103 Å². The summed E-state index contributed by atoms with van der Waals surface area (Å²) in [6.07, 6.45) is 14.6. The zero-order valence-electron chi connectivity index (χ0n) is 33.4. The lowest BCUT2D eigenvalue weighted by Crippen LogP contribution is -2.30. The zero-order valence-corrected chi connectivity index (χ0v) is 35.1. The van der Waals surface area contributed by atoms with E-state index in [1.807, 2.05) is 12.2 Å². The molecule has 1 rings (SSSR count). The Morgan fingerprint density at radius 1 is 0.804 bits per heavy atom. The predicted molar refractivity (Wildman–Crippen MR) is 208 cm³/mol. The Bertz CT molecular complexity index is 1270. The highest BCUT2D eigenvalue weighted by atomic mass is 31.2. The number of carbonyl (C=O) groups excluding carboxylic acids is 3. The molecule has 0 radical (unpaired) electrons. The molecule has 1 aliphatic carbocycles. The monoisotopic (exact) mass is 842 g/mol. The summed E-state index contributed by atoms with van der Waals surface area (Å²) in [6, 6.07) is 0. The van der Waals surface area contributed by atoms with Crippen molar-refractivity contribution in [3.63, 3.8) is 0 Å². The molecule has 1 saturated carbocycles. The number of unbranched alkanes of at least 4 members (excludes halogenated alkanes) is 8. The van der Waals surface area contributed by atoms with Crippen LogP contribution in [0.1, 0.15) is 130 Å². The van der Waals surface area contributed by atoms with Gasteiger partial charge in [-0.2, -0.15) is 0 Å². The number of phosphoric acid groups is 2. The quantitative estimate of drug-likeness (QED) is 0.0192. The van der Waals surface area contributed by atoms with E-state index in [-0.39, 0.29) is 31.0 Å². The van der Waals surface area contributed by atoms with Crippen molar-refractivity contribution < 1.29 is 76.6 Å². The highest BCUT2D eigenvalue weighted by Crippen LogP contribution is 2.44. The number of Topliss-reactive ketones (excluding diaryl/α,β-unsaturated/α-hetero) is 1. The number of aliphatic hydroxyl groups excluding tert-OH is 3. The molecular weight excluding hydrogens is 774 g/mol. The van der Waals surface area contributed by atoms with Crippen LogP contribution in [0.15, 0.2) is 24.3 Å². The molecule has 6 N–H and O–H groups in total. The number of hydrogen-bond donors (Lipinski definition) is 6. The molecule has 16 nitrogen and oxygen atoms in total. The van der Waals surface area contributed by atoms with Crippen LogP contribution in [0.5, 0.6) is 0 Å². The van der Waals surface area contributed by atoms with Crippen LogP contribution in [0.3, 0.4) is 0 Å². The van der Waals surface area contributed by atoms with E-state index < -0.39 is 84.3 Å². The van der Waals surface area contributed by atoms with E-state index in [1.165, 1.54) is 6.42 Å². The summed E-state index contributed by atoms with van der Waals surface area (Å²) in [6.45, 7) is 3.51. The fourth-order valence-electron chi connectivity index (χ4n) is 5.98. The Morgan fingerprint density at radius 2 is 1.43 bits per heavy atom. The molecule has 0 heterocycles. The molecule has 0 aromatic heterocycles. The first kappa shape index (κ1) is 52.2. The van der Waals surface area contributed by atoms with Crippen molar-refractivity contribution in [3.8, 4) is 0 Å². The minimum Gasteiger partial charge on any atom is -0.462 e. The SMILES string of the molecule is CCCCC[C@H](O)/C=C/[C@H]1C(=O)C[C@H](O)[C@@H]1C/C=C\CCCC(=O)OC[C@H](COP(=O)(O)OC[C@@H](O)COP(=O)(O)O)OC(=O)CCCCCCCCC(C)C. The standard InChI is InChI=1S/C38H68O16P2/c1-4-5-12-18-30(39)22-23-34-33(35(41)24-36(34)42)19-14-10-11-15-20-37(43)50-27-32(54-38(44)21-16-9-7-6-8-13-17-29(2)3)28-53-56(48,49)52-26-31(40)25-51-55(45,46)47/h10,14,22-23,29-35,39-41H,4-9,11-13,15-21,24-28H2,1-3H3,(H,48,49)(H2,45,46,47)/b14-10-,23-22+/t30-,31-,32+,33+,34+,35-/m0/s1. The first-order valence-electron chi connectivity index (χ1n) is 20.0. The fraction of sp³-hybridized carbons (Fsp3) is 0.816. The second-order valence-corrected chi connectivity index (χ2v) is 17.5. The van der Waals surface area contributed by atoms with Gasteiger partial charge in [0.25, 0.3) is 0 Å². The fourth-order valence-corrected chi connectivity index (χ4v) is 7.14. The smallest absolute Gasteiger partial charge is 0.462 e. The molecule has 56 heavy (non-hydrogen) atoms. The number of allylic oxidation sites excluding steroid dienone is 3. The van der Waals surface area contributed by atoms with Crippen molar-refractivity contribution in [2.45, 2.75) is 154 Å². The molecule has 0 aromatic rings. The Labute approximate surface area is 332 Å². The number of ether oxygens (including phenoxy) is 2. The van der Waals surface area contributed by atoms with Crippen LogP contribution in [-0.4, -0.2) is 98.6 Å². The van der Waals surface area contributed by atoms with Crippen molar-refractivity contribution in [1.82, 2.24) is 0 Å². The van der Waals surface area contributed by atoms with Crippen molar-refractivity contribution in [3.05, 3.63) is 24.3 Å². The van der Waals surface area contributed by atoms with Crippen LogP contribution in [0.4, 0.5) is 0 Å². The predicted octanol–water partition coefficient (Wildman–Crippen LogP) is 6.00. The second-order valence-electron chi connectivity index (χ2n) is 14.8. The molecule has 1 fully saturated rings. The molecule has 0 aromatic carbocycles. The zero-order chi connectivity index (χ0) is 42.0. The maximum absolute atomic E-state index is 12.6. The molecule has 0 spiro atoms. The van der Waals surface area contributed by atoms with E-state index in [0.717, 1.165) is 51.4 Å². The maximum Gasteiger partial charge on any atom is 0.472 e. The number of carbonyl (C=O) groups is 3. The molecule has 18 heteroatoms. The van der Waals surface area contributed by atoms with Gasteiger partial charge in [0.2, 0.25) is 0 Å². The molecular formula is C38H68O16P2.